The first-order chi connectivity index (χ1) is 10.3. The number of aromatic nitrogens is 3. The SMILES string of the molecule is Cc1cc2cc(-c3cc(-c4cccnc4)n[nH]3)ccc2o1. The molecular weight excluding hydrogens is 262 g/mol. The molecule has 0 spiro atoms. The van der Waals surface area contributed by atoms with E-state index in [1.165, 1.54) is 0 Å². The highest BCUT2D eigenvalue weighted by atomic mass is 16.3. The maximum Gasteiger partial charge on any atom is 0.134 e. The Labute approximate surface area is 121 Å². The Morgan fingerprint density at radius 3 is 2.86 bits per heavy atom. The molecule has 3 heterocycles. The van der Waals surface area contributed by atoms with E-state index >= 15 is 0 Å². The van der Waals surface area contributed by atoms with Gasteiger partial charge in [0.2, 0.25) is 0 Å². The third-order valence-corrected chi connectivity index (χ3v) is 3.49. The van der Waals surface area contributed by atoms with Crippen LogP contribution in [0, 0.1) is 6.92 Å². The number of nitrogens with one attached hydrogen (secondary N) is 1. The summed E-state index contributed by atoms with van der Waals surface area (Å²) in [6, 6.07) is 14.1. The van der Waals surface area contributed by atoms with Gasteiger partial charge in [-0.1, -0.05) is 0 Å². The molecular formula is C17H13N3O. The number of pyridine rings is 1. The van der Waals surface area contributed by atoms with Crippen LogP contribution in [0.3, 0.4) is 0 Å². The molecule has 4 heteroatoms. The lowest BCUT2D eigenvalue weighted by Gasteiger charge is -1.96. The first-order valence-electron chi connectivity index (χ1n) is 6.76. The molecule has 1 N–H and O–H groups in total. The van der Waals surface area contributed by atoms with Crippen LogP contribution in [0.1, 0.15) is 5.76 Å². The number of H-pyrrole nitrogens is 1. The van der Waals surface area contributed by atoms with E-state index in [9.17, 15) is 0 Å². The van der Waals surface area contributed by atoms with Crippen LogP contribution in [0.15, 0.2) is 59.3 Å². The summed E-state index contributed by atoms with van der Waals surface area (Å²) in [6.45, 7) is 1.95. The van der Waals surface area contributed by atoms with Gasteiger partial charge < -0.3 is 4.42 Å². The molecule has 0 amide bonds. The monoisotopic (exact) mass is 275 g/mol. The van der Waals surface area contributed by atoms with Crippen LogP contribution in [0.25, 0.3) is 33.5 Å². The first-order valence-corrected chi connectivity index (χ1v) is 6.76. The van der Waals surface area contributed by atoms with E-state index in [0.717, 1.165) is 39.2 Å². The molecule has 0 radical (unpaired) electrons. The highest BCUT2D eigenvalue weighted by Gasteiger charge is 2.08. The van der Waals surface area contributed by atoms with Crippen LogP contribution in [0.4, 0.5) is 0 Å². The minimum Gasteiger partial charge on any atom is -0.461 e. The predicted octanol–water partition coefficient (Wildman–Crippen LogP) is 4.19. The van der Waals surface area contributed by atoms with Gasteiger partial charge in [0.1, 0.15) is 11.3 Å². The molecule has 0 aliphatic heterocycles. The van der Waals surface area contributed by atoms with Gasteiger partial charge in [-0.3, -0.25) is 10.1 Å². The number of rotatable bonds is 2. The fourth-order valence-corrected chi connectivity index (χ4v) is 2.48. The van der Waals surface area contributed by atoms with Crippen molar-refractivity contribution in [3.05, 3.63) is 60.6 Å². The fraction of sp³-hybridized carbons (Fsp3) is 0.0588. The van der Waals surface area contributed by atoms with E-state index in [1.807, 2.05) is 49.5 Å². The van der Waals surface area contributed by atoms with Crippen LogP contribution in [-0.4, -0.2) is 15.2 Å². The Kier molecular flexibility index (Phi) is 2.60. The molecule has 4 aromatic rings. The molecule has 0 saturated heterocycles. The van der Waals surface area contributed by atoms with Gasteiger partial charge in [-0.25, -0.2) is 0 Å². The van der Waals surface area contributed by atoms with Crippen molar-refractivity contribution in [1.82, 2.24) is 15.2 Å². The van der Waals surface area contributed by atoms with E-state index < -0.39 is 0 Å². The molecule has 21 heavy (non-hydrogen) atoms. The van der Waals surface area contributed by atoms with Gasteiger partial charge in [-0.2, -0.15) is 5.10 Å². The first kappa shape index (κ1) is 11.9. The third kappa shape index (κ3) is 2.10. The van der Waals surface area contributed by atoms with Crippen molar-refractivity contribution in [2.45, 2.75) is 6.92 Å². The molecule has 0 aliphatic carbocycles. The standard InChI is InChI=1S/C17H13N3O/c1-11-7-14-8-12(4-5-17(14)21-11)15-9-16(20-19-15)13-3-2-6-18-10-13/h2-10H,1H3,(H,19,20). The third-order valence-electron chi connectivity index (χ3n) is 3.49. The Morgan fingerprint density at radius 2 is 2.00 bits per heavy atom. The van der Waals surface area contributed by atoms with E-state index in [4.69, 9.17) is 4.42 Å². The Hall–Kier alpha value is -2.88. The summed E-state index contributed by atoms with van der Waals surface area (Å²) in [6.07, 6.45) is 3.56. The minimum atomic E-state index is 0.890. The minimum absolute atomic E-state index is 0.890. The summed E-state index contributed by atoms with van der Waals surface area (Å²) >= 11 is 0. The van der Waals surface area contributed by atoms with E-state index in [0.29, 0.717) is 0 Å². The van der Waals surface area contributed by atoms with Gasteiger partial charge in [0.15, 0.2) is 0 Å². The van der Waals surface area contributed by atoms with Crippen LogP contribution < -0.4 is 0 Å². The van der Waals surface area contributed by atoms with Gasteiger partial charge >= 0.3 is 0 Å². The summed E-state index contributed by atoms with van der Waals surface area (Å²) in [5.74, 6) is 0.919. The zero-order chi connectivity index (χ0) is 14.2. The second-order valence-electron chi connectivity index (χ2n) is 5.02. The number of benzene rings is 1. The molecule has 102 valence electrons. The second-order valence-corrected chi connectivity index (χ2v) is 5.02. The van der Waals surface area contributed by atoms with E-state index in [1.54, 1.807) is 6.20 Å². The second kappa shape index (κ2) is 4.59. The van der Waals surface area contributed by atoms with E-state index in [2.05, 4.69) is 21.2 Å². The number of aromatic amines is 1. The molecule has 0 unspecified atom stereocenters. The van der Waals surface area contributed by atoms with Crippen molar-refractivity contribution in [3.8, 4) is 22.5 Å². The zero-order valence-corrected chi connectivity index (χ0v) is 11.5. The van der Waals surface area contributed by atoms with Crippen molar-refractivity contribution in [2.75, 3.05) is 0 Å². The van der Waals surface area contributed by atoms with Crippen molar-refractivity contribution in [2.24, 2.45) is 0 Å². The average Bonchev–Trinajstić information content (AvgIpc) is 3.12. The number of furan rings is 1. The van der Waals surface area contributed by atoms with Gasteiger partial charge in [0.05, 0.1) is 11.4 Å². The summed E-state index contributed by atoms with van der Waals surface area (Å²) in [7, 11) is 0. The van der Waals surface area contributed by atoms with Crippen molar-refractivity contribution < 1.29 is 4.42 Å². The zero-order valence-electron chi connectivity index (χ0n) is 11.5. The molecule has 0 aliphatic rings. The van der Waals surface area contributed by atoms with Crippen molar-refractivity contribution in [1.29, 1.82) is 0 Å². The Morgan fingerprint density at radius 1 is 1.05 bits per heavy atom. The van der Waals surface area contributed by atoms with Crippen LogP contribution in [0.5, 0.6) is 0 Å². The summed E-state index contributed by atoms with van der Waals surface area (Å²) in [5, 5.41) is 8.54. The topological polar surface area (TPSA) is 54.7 Å². The lowest BCUT2D eigenvalue weighted by atomic mass is 10.1. The van der Waals surface area contributed by atoms with Crippen LogP contribution >= 0.6 is 0 Å². The smallest absolute Gasteiger partial charge is 0.134 e. The van der Waals surface area contributed by atoms with E-state index in [-0.39, 0.29) is 0 Å². The van der Waals surface area contributed by atoms with Gasteiger partial charge in [-0.15, -0.1) is 0 Å². The Balaban J connectivity index is 1.77. The predicted molar refractivity (Wildman–Crippen MR) is 81.8 cm³/mol. The van der Waals surface area contributed by atoms with Gasteiger partial charge in [-0.05, 0) is 49.4 Å². The normalized spacial score (nSPS) is 11.1. The highest BCUT2D eigenvalue weighted by molar-refractivity contribution is 5.83. The quantitative estimate of drug-likeness (QED) is 0.596. The van der Waals surface area contributed by atoms with Crippen molar-refractivity contribution >= 4 is 11.0 Å². The number of nitrogens with zero attached hydrogens (tertiary/aromatic N) is 2. The molecule has 0 saturated carbocycles. The van der Waals surface area contributed by atoms with Gasteiger partial charge in [0.25, 0.3) is 0 Å². The number of hydrogen-bond acceptors (Lipinski definition) is 3. The molecule has 3 aromatic heterocycles. The molecule has 4 rings (SSSR count). The lowest BCUT2D eigenvalue weighted by Crippen LogP contribution is -1.78. The van der Waals surface area contributed by atoms with Crippen LogP contribution in [-0.2, 0) is 0 Å². The molecule has 0 bridgehead atoms. The lowest BCUT2D eigenvalue weighted by molar-refractivity contribution is 0.578. The number of aryl methyl sites for hydroxylation is 1. The highest BCUT2D eigenvalue weighted by Crippen LogP contribution is 2.27. The van der Waals surface area contributed by atoms with Crippen LogP contribution in [0.2, 0.25) is 0 Å². The molecule has 1 aromatic carbocycles. The largest absolute Gasteiger partial charge is 0.461 e. The fourth-order valence-electron chi connectivity index (χ4n) is 2.48. The summed E-state index contributed by atoms with van der Waals surface area (Å²) in [5.41, 5.74) is 4.87. The molecule has 0 atom stereocenters. The Bertz CT molecular complexity index is 906. The van der Waals surface area contributed by atoms with Crippen molar-refractivity contribution in [3.63, 3.8) is 0 Å². The molecule has 0 fully saturated rings. The maximum absolute atomic E-state index is 5.60. The maximum atomic E-state index is 5.60. The summed E-state index contributed by atoms with van der Waals surface area (Å²) < 4.78 is 5.60. The summed E-state index contributed by atoms with van der Waals surface area (Å²) in [4.78, 5) is 4.12. The average molecular weight is 275 g/mol. The number of hydrogen-bond donors (Lipinski definition) is 1. The number of fused-ring (bicyclic) bond motifs is 1. The molecule has 4 nitrogen and oxygen atoms in total. The van der Waals surface area contributed by atoms with Gasteiger partial charge in [0, 0.05) is 28.9 Å².